The summed E-state index contributed by atoms with van der Waals surface area (Å²) in [6.07, 6.45) is 5.07. The number of rotatable bonds is 6. The zero-order chi connectivity index (χ0) is 20.8. The summed E-state index contributed by atoms with van der Waals surface area (Å²) >= 11 is 12.3. The Kier molecular flexibility index (Phi) is 6.61. The molecule has 1 aliphatic rings. The third-order valence-electron chi connectivity index (χ3n) is 4.64. The molecule has 2 N–H and O–H groups in total. The van der Waals surface area contributed by atoms with Crippen LogP contribution in [0.4, 0.5) is 23.5 Å². The highest BCUT2D eigenvalue weighted by Crippen LogP contribution is 2.24. The second kappa shape index (κ2) is 9.73. The molecule has 0 saturated carbocycles. The van der Waals surface area contributed by atoms with Crippen molar-refractivity contribution in [2.75, 3.05) is 28.7 Å². The number of nitrogens with one attached hydrogen (secondary N) is 2. The lowest BCUT2D eigenvalue weighted by Gasteiger charge is -2.26. The summed E-state index contributed by atoms with van der Waals surface area (Å²) in [5.74, 6) is 1.43. The van der Waals surface area contributed by atoms with Crippen molar-refractivity contribution in [3.63, 3.8) is 0 Å². The minimum atomic E-state index is 0.346. The van der Waals surface area contributed by atoms with Crippen LogP contribution < -0.4 is 15.6 Å². The lowest BCUT2D eigenvalue weighted by atomic mass is 10.1. The van der Waals surface area contributed by atoms with Crippen molar-refractivity contribution in [2.24, 2.45) is 5.10 Å². The molecule has 3 aromatic rings. The molecule has 9 heteroatoms. The second-order valence-electron chi connectivity index (χ2n) is 6.83. The van der Waals surface area contributed by atoms with E-state index in [1.165, 1.54) is 6.42 Å². The predicted molar refractivity (Wildman–Crippen MR) is 123 cm³/mol. The standard InChI is InChI=1S/C21H21Cl2N7/c22-17-11-7-8-15(18(17)23)14-24-29-20-26-19(25-16-9-3-1-4-10-16)27-21(28-20)30-12-5-2-6-13-30/h1,3-4,7-11,14H,2,5-6,12-13H2,(H2,25,26,27,28,29)/b24-14-. The molecule has 2 aromatic carbocycles. The van der Waals surface area contributed by atoms with Crippen molar-refractivity contribution in [1.29, 1.82) is 0 Å². The maximum absolute atomic E-state index is 6.21. The van der Waals surface area contributed by atoms with Crippen molar-refractivity contribution in [1.82, 2.24) is 15.0 Å². The molecular weight excluding hydrogens is 421 g/mol. The van der Waals surface area contributed by atoms with E-state index in [9.17, 15) is 0 Å². The van der Waals surface area contributed by atoms with E-state index >= 15 is 0 Å². The summed E-state index contributed by atoms with van der Waals surface area (Å²) in [6, 6.07) is 15.1. The minimum Gasteiger partial charge on any atom is -0.341 e. The van der Waals surface area contributed by atoms with Gasteiger partial charge in [0.15, 0.2) is 0 Å². The van der Waals surface area contributed by atoms with Gasteiger partial charge in [-0.2, -0.15) is 20.1 Å². The molecule has 0 amide bonds. The molecule has 0 atom stereocenters. The van der Waals surface area contributed by atoms with Gasteiger partial charge in [-0.15, -0.1) is 0 Å². The molecule has 1 aliphatic heterocycles. The molecule has 30 heavy (non-hydrogen) atoms. The monoisotopic (exact) mass is 441 g/mol. The van der Waals surface area contributed by atoms with Crippen molar-refractivity contribution in [3.05, 3.63) is 64.1 Å². The van der Waals surface area contributed by atoms with Gasteiger partial charge < -0.3 is 10.2 Å². The highest BCUT2D eigenvalue weighted by atomic mass is 35.5. The number of piperidine rings is 1. The van der Waals surface area contributed by atoms with Crippen LogP contribution in [0.1, 0.15) is 24.8 Å². The number of halogens is 2. The van der Waals surface area contributed by atoms with Gasteiger partial charge in [-0.3, -0.25) is 0 Å². The summed E-state index contributed by atoms with van der Waals surface area (Å²) in [7, 11) is 0. The van der Waals surface area contributed by atoms with Gasteiger partial charge in [-0.1, -0.05) is 53.5 Å². The summed E-state index contributed by atoms with van der Waals surface area (Å²) < 4.78 is 0. The van der Waals surface area contributed by atoms with Crippen LogP contribution in [0, 0.1) is 0 Å². The first-order chi connectivity index (χ1) is 14.7. The summed E-state index contributed by atoms with van der Waals surface area (Å²) in [5.41, 5.74) is 4.48. The Balaban J connectivity index is 1.58. The number of aromatic nitrogens is 3. The van der Waals surface area contributed by atoms with Gasteiger partial charge in [-0.25, -0.2) is 5.43 Å². The van der Waals surface area contributed by atoms with E-state index in [1.54, 1.807) is 12.3 Å². The predicted octanol–water partition coefficient (Wildman–Crippen LogP) is 5.36. The average molecular weight is 442 g/mol. The quantitative estimate of drug-likeness (QED) is 0.395. The SMILES string of the molecule is Clc1cccc(/C=N\Nc2nc(Nc3ccccc3)nc(N3CCCCC3)n2)c1Cl. The molecule has 7 nitrogen and oxygen atoms in total. The molecule has 0 radical (unpaired) electrons. The number of hydrogen-bond donors (Lipinski definition) is 2. The van der Waals surface area contributed by atoms with Crippen molar-refractivity contribution < 1.29 is 0 Å². The van der Waals surface area contributed by atoms with E-state index in [1.807, 2.05) is 42.5 Å². The zero-order valence-electron chi connectivity index (χ0n) is 16.2. The molecule has 0 bridgehead atoms. The number of benzene rings is 2. The molecule has 0 unspecified atom stereocenters. The van der Waals surface area contributed by atoms with Crippen LogP contribution in [-0.4, -0.2) is 34.3 Å². The van der Waals surface area contributed by atoms with Crippen molar-refractivity contribution in [3.8, 4) is 0 Å². The smallest absolute Gasteiger partial charge is 0.250 e. The largest absolute Gasteiger partial charge is 0.341 e. The third kappa shape index (κ3) is 5.17. The van der Waals surface area contributed by atoms with Gasteiger partial charge in [0.1, 0.15) is 0 Å². The second-order valence-corrected chi connectivity index (χ2v) is 7.62. The molecule has 1 saturated heterocycles. The van der Waals surface area contributed by atoms with E-state index in [2.05, 4.69) is 35.7 Å². The van der Waals surface area contributed by atoms with Gasteiger partial charge in [-0.05, 0) is 37.5 Å². The van der Waals surface area contributed by atoms with Gasteiger partial charge in [0.25, 0.3) is 0 Å². The Bertz CT molecular complexity index is 1020. The Labute approximate surface area is 185 Å². The first kappa shape index (κ1) is 20.4. The zero-order valence-corrected chi connectivity index (χ0v) is 17.7. The van der Waals surface area contributed by atoms with Crippen molar-refractivity contribution in [2.45, 2.75) is 19.3 Å². The highest BCUT2D eigenvalue weighted by Gasteiger charge is 2.16. The maximum Gasteiger partial charge on any atom is 0.250 e. The van der Waals surface area contributed by atoms with Crippen LogP contribution in [0.3, 0.4) is 0 Å². The van der Waals surface area contributed by atoms with E-state index in [4.69, 9.17) is 23.2 Å². The van der Waals surface area contributed by atoms with E-state index < -0.39 is 0 Å². The highest BCUT2D eigenvalue weighted by molar-refractivity contribution is 6.43. The first-order valence-electron chi connectivity index (χ1n) is 9.75. The number of hydrogen-bond acceptors (Lipinski definition) is 7. The number of para-hydroxylation sites is 1. The summed E-state index contributed by atoms with van der Waals surface area (Å²) in [6.45, 7) is 1.85. The van der Waals surface area contributed by atoms with Crippen LogP contribution in [0.5, 0.6) is 0 Å². The van der Waals surface area contributed by atoms with Crippen LogP contribution in [0.2, 0.25) is 10.0 Å². The van der Waals surface area contributed by atoms with Gasteiger partial charge in [0.2, 0.25) is 17.8 Å². The van der Waals surface area contributed by atoms with Crippen LogP contribution in [0.15, 0.2) is 53.6 Å². The molecular formula is C21H21Cl2N7. The lowest BCUT2D eigenvalue weighted by molar-refractivity contribution is 0.568. The Morgan fingerprint density at radius 3 is 2.43 bits per heavy atom. The molecule has 0 aliphatic carbocycles. The van der Waals surface area contributed by atoms with E-state index in [-0.39, 0.29) is 0 Å². The Morgan fingerprint density at radius 1 is 0.867 bits per heavy atom. The first-order valence-corrected chi connectivity index (χ1v) is 10.5. The molecule has 4 rings (SSSR count). The molecule has 2 heterocycles. The summed E-state index contributed by atoms with van der Waals surface area (Å²) in [5, 5.41) is 8.38. The maximum atomic E-state index is 6.21. The van der Waals surface area contributed by atoms with E-state index in [0.29, 0.717) is 33.5 Å². The average Bonchev–Trinajstić information content (AvgIpc) is 2.78. The fourth-order valence-corrected chi connectivity index (χ4v) is 3.49. The number of nitrogens with zero attached hydrogens (tertiary/aromatic N) is 5. The van der Waals surface area contributed by atoms with E-state index in [0.717, 1.165) is 31.6 Å². The molecule has 0 spiro atoms. The minimum absolute atomic E-state index is 0.346. The van der Waals surface area contributed by atoms with Crippen molar-refractivity contribution >= 4 is 52.9 Å². The van der Waals surface area contributed by atoms with Gasteiger partial charge >= 0.3 is 0 Å². The van der Waals surface area contributed by atoms with Crippen LogP contribution >= 0.6 is 23.2 Å². The summed E-state index contributed by atoms with van der Waals surface area (Å²) in [4.78, 5) is 15.8. The third-order valence-corrected chi connectivity index (χ3v) is 5.48. The van der Waals surface area contributed by atoms with Crippen LogP contribution in [-0.2, 0) is 0 Å². The molecule has 154 valence electrons. The number of anilines is 4. The Morgan fingerprint density at radius 2 is 1.63 bits per heavy atom. The normalized spacial score (nSPS) is 14.1. The van der Waals surface area contributed by atoms with Gasteiger partial charge in [0.05, 0.1) is 16.3 Å². The lowest BCUT2D eigenvalue weighted by Crippen LogP contribution is -2.31. The fraction of sp³-hybridized carbons (Fsp3) is 0.238. The molecule has 1 fully saturated rings. The van der Waals surface area contributed by atoms with Crippen LogP contribution in [0.25, 0.3) is 0 Å². The topological polar surface area (TPSA) is 78.3 Å². The fourth-order valence-electron chi connectivity index (χ4n) is 3.14. The van der Waals surface area contributed by atoms with Gasteiger partial charge in [0, 0.05) is 24.3 Å². The number of hydrazone groups is 1. The Hall–Kier alpha value is -2.90. The molecule has 1 aromatic heterocycles.